The lowest BCUT2D eigenvalue weighted by Crippen LogP contribution is -1.80. The Hall–Kier alpha value is -2.28. The van der Waals surface area contributed by atoms with Crippen LogP contribution in [0.4, 0.5) is 0 Å². The molecule has 3 aromatic carbocycles. The predicted molar refractivity (Wildman–Crippen MR) is 80.6 cm³/mol. The minimum absolute atomic E-state index is 0.991. The summed E-state index contributed by atoms with van der Waals surface area (Å²) in [5.74, 6) is 0. The van der Waals surface area contributed by atoms with Gasteiger partial charge >= 0.3 is 0 Å². The topological polar surface area (TPSA) is 13.1 Å². The van der Waals surface area contributed by atoms with Crippen molar-refractivity contribution >= 4 is 32.7 Å². The van der Waals surface area contributed by atoms with Gasteiger partial charge in [-0.25, -0.2) is 0 Å². The Kier molecular flexibility index (Phi) is 2.16. The first-order valence-electron chi connectivity index (χ1n) is 6.70. The average molecular weight is 246 g/mol. The van der Waals surface area contributed by atoms with E-state index in [2.05, 4.69) is 61.5 Å². The first-order valence-corrected chi connectivity index (χ1v) is 6.70. The summed E-state index contributed by atoms with van der Waals surface area (Å²) in [5, 5.41) is 4.92. The van der Waals surface area contributed by atoms with Gasteiger partial charge in [-0.05, 0) is 29.5 Å². The number of rotatable bonds is 1. The minimum atomic E-state index is 0.991. The lowest BCUT2D eigenvalue weighted by molar-refractivity contribution is 0.672. The van der Waals surface area contributed by atoms with Crippen molar-refractivity contribution in [2.75, 3.05) is 0 Å². The molecule has 4 rings (SSSR count). The summed E-state index contributed by atoms with van der Waals surface area (Å²) in [6.07, 6.45) is 1.03. The summed E-state index contributed by atoms with van der Waals surface area (Å²) in [4.78, 5) is 0. The highest BCUT2D eigenvalue weighted by atomic mass is 16.3. The third-order valence-corrected chi connectivity index (χ3v) is 3.85. The lowest BCUT2D eigenvalue weighted by atomic mass is 10.0. The van der Waals surface area contributed by atoms with Crippen LogP contribution in [-0.4, -0.2) is 0 Å². The van der Waals surface area contributed by atoms with E-state index in [0.29, 0.717) is 0 Å². The van der Waals surface area contributed by atoms with Crippen molar-refractivity contribution in [1.82, 2.24) is 0 Å². The SMILES string of the molecule is CCc1cccc2oc3c4ccccc4ccc3c12. The highest BCUT2D eigenvalue weighted by molar-refractivity contribution is 6.15. The number of hydrogen-bond acceptors (Lipinski definition) is 1. The van der Waals surface area contributed by atoms with E-state index in [9.17, 15) is 0 Å². The monoisotopic (exact) mass is 246 g/mol. The smallest absolute Gasteiger partial charge is 0.143 e. The quantitative estimate of drug-likeness (QED) is 0.444. The Morgan fingerprint density at radius 2 is 1.74 bits per heavy atom. The van der Waals surface area contributed by atoms with Gasteiger partial charge in [0, 0.05) is 16.2 Å². The maximum atomic E-state index is 6.11. The molecule has 92 valence electrons. The van der Waals surface area contributed by atoms with Crippen molar-refractivity contribution in [3.63, 3.8) is 0 Å². The molecule has 0 N–H and O–H groups in total. The lowest BCUT2D eigenvalue weighted by Gasteiger charge is -1.99. The Morgan fingerprint density at radius 3 is 2.63 bits per heavy atom. The Bertz CT molecular complexity index is 899. The summed E-state index contributed by atoms with van der Waals surface area (Å²) >= 11 is 0. The van der Waals surface area contributed by atoms with Crippen molar-refractivity contribution < 1.29 is 4.42 Å². The van der Waals surface area contributed by atoms with Crippen LogP contribution in [0, 0.1) is 0 Å². The van der Waals surface area contributed by atoms with Crippen LogP contribution in [0.3, 0.4) is 0 Å². The van der Waals surface area contributed by atoms with E-state index in [1.54, 1.807) is 0 Å². The molecule has 0 radical (unpaired) electrons. The molecule has 1 heteroatoms. The van der Waals surface area contributed by atoms with Gasteiger partial charge in [0.05, 0.1) is 0 Å². The molecule has 1 aromatic heterocycles. The van der Waals surface area contributed by atoms with Gasteiger partial charge in [-0.3, -0.25) is 0 Å². The highest BCUT2D eigenvalue weighted by Crippen LogP contribution is 2.35. The second kappa shape index (κ2) is 3.86. The predicted octanol–water partition coefficient (Wildman–Crippen LogP) is 5.30. The average Bonchev–Trinajstić information content (AvgIpc) is 2.86. The van der Waals surface area contributed by atoms with E-state index in [1.165, 1.54) is 27.1 Å². The Balaban J connectivity index is 2.28. The van der Waals surface area contributed by atoms with E-state index in [1.807, 2.05) is 0 Å². The van der Waals surface area contributed by atoms with Crippen LogP contribution in [0.25, 0.3) is 32.7 Å². The van der Waals surface area contributed by atoms with Gasteiger partial charge in [0.1, 0.15) is 11.2 Å². The summed E-state index contributed by atoms with van der Waals surface area (Å²) in [5.41, 5.74) is 3.35. The van der Waals surface area contributed by atoms with Gasteiger partial charge < -0.3 is 4.42 Å². The number of hydrogen-bond donors (Lipinski definition) is 0. The second-order valence-corrected chi connectivity index (χ2v) is 4.91. The van der Waals surface area contributed by atoms with Crippen LogP contribution in [0.15, 0.2) is 59.0 Å². The van der Waals surface area contributed by atoms with Gasteiger partial charge in [-0.15, -0.1) is 0 Å². The molecule has 0 aliphatic heterocycles. The van der Waals surface area contributed by atoms with E-state index in [4.69, 9.17) is 4.42 Å². The van der Waals surface area contributed by atoms with Crippen LogP contribution in [-0.2, 0) is 6.42 Å². The van der Waals surface area contributed by atoms with E-state index in [-0.39, 0.29) is 0 Å². The highest BCUT2D eigenvalue weighted by Gasteiger charge is 2.11. The molecule has 4 aromatic rings. The molecule has 0 saturated heterocycles. The van der Waals surface area contributed by atoms with Crippen molar-refractivity contribution in [1.29, 1.82) is 0 Å². The van der Waals surface area contributed by atoms with Crippen molar-refractivity contribution in [3.05, 3.63) is 60.2 Å². The fourth-order valence-corrected chi connectivity index (χ4v) is 2.92. The van der Waals surface area contributed by atoms with Gasteiger partial charge in [0.2, 0.25) is 0 Å². The maximum absolute atomic E-state index is 6.11. The largest absolute Gasteiger partial charge is 0.455 e. The van der Waals surface area contributed by atoms with Gasteiger partial charge in [0.25, 0.3) is 0 Å². The molecule has 0 bridgehead atoms. The van der Waals surface area contributed by atoms with Gasteiger partial charge in [-0.2, -0.15) is 0 Å². The summed E-state index contributed by atoms with van der Waals surface area (Å²) < 4.78 is 6.11. The Labute approximate surface area is 111 Å². The van der Waals surface area contributed by atoms with E-state index in [0.717, 1.165) is 17.6 Å². The zero-order valence-corrected chi connectivity index (χ0v) is 10.8. The molecule has 19 heavy (non-hydrogen) atoms. The van der Waals surface area contributed by atoms with Crippen LogP contribution in [0.1, 0.15) is 12.5 Å². The molecule has 1 nitrogen and oxygen atoms in total. The van der Waals surface area contributed by atoms with Crippen molar-refractivity contribution in [2.45, 2.75) is 13.3 Å². The number of furan rings is 1. The molecule has 0 atom stereocenters. The summed E-state index contributed by atoms with van der Waals surface area (Å²) in [7, 11) is 0. The van der Waals surface area contributed by atoms with Crippen LogP contribution >= 0.6 is 0 Å². The molecule has 0 spiro atoms. The first kappa shape index (κ1) is 10.6. The molecule has 0 amide bonds. The number of aryl methyl sites for hydroxylation is 1. The molecule has 0 unspecified atom stereocenters. The minimum Gasteiger partial charge on any atom is -0.455 e. The molecular formula is C18H14O. The van der Waals surface area contributed by atoms with Crippen LogP contribution in [0.2, 0.25) is 0 Å². The first-order chi connectivity index (χ1) is 9.38. The van der Waals surface area contributed by atoms with Crippen molar-refractivity contribution in [2.24, 2.45) is 0 Å². The summed E-state index contributed by atoms with van der Waals surface area (Å²) in [6.45, 7) is 2.19. The summed E-state index contributed by atoms with van der Waals surface area (Å²) in [6, 6.07) is 19.1. The van der Waals surface area contributed by atoms with E-state index < -0.39 is 0 Å². The number of benzene rings is 3. The van der Waals surface area contributed by atoms with Crippen LogP contribution in [0.5, 0.6) is 0 Å². The number of fused-ring (bicyclic) bond motifs is 5. The third-order valence-electron chi connectivity index (χ3n) is 3.85. The third kappa shape index (κ3) is 1.42. The molecular weight excluding hydrogens is 232 g/mol. The normalized spacial score (nSPS) is 11.6. The molecule has 0 saturated carbocycles. The van der Waals surface area contributed by atoms with Gasteiger partial charge in [-0.1, -0.05) is 49.4 Å². The van der Waals surface area contributed by atoms with E-state index >= 15 is 0 Å². The zero-order chi connectivity index (χ0) is 12.8. The van der Waals surface area contributed by atoms with Gasteiger partial charge in [0.15, 0.2) is 0 Å². The fraction of sp³-hybridized carbons (Fsp3) is 0.111. The van der Waals surface area contributed by atoms with Crippen LogP contribution < -0.4 is 0 Å². The Morgan fingerprint density at radius 1 is 0.842 bits per heavy atom. The second-order valence-electron chi connectivity index (χ2n) is 4.91. The maximum Gasteiger partial charge on any atom is 0.143 e. The molecule has 1 heterocycles. The van der Waals surface area contributed by atoms with Crippen molar-refractivity contribution in [3.8, 4) is 0 Å². The molecule has 0 aliphatic carbocycles. The molecule has 0 fully saturated rings. The fourth-order valence-electron chi connectivity index (χ4n) is 2.92. The zero-order valence-electron chi connectivity index (χ0n) is 10.8. The standard InChI is InChI=1S/C18H14O/c1-2-12-7-5-9-16-17(12)15-11-10-13-6-3-4-8-14(13)18(15)19-16/h3-11H,2H2,1H3. The molecule has 0 aliphatic rings.